The molecule has 0 aliphatic heterocycles. The number of para-hydroxylation sites is 1. The van der Waals surface area contributed by atoms with Crippen LogP contribution in [-0.4, -0.2) is 27.1 Å². The van der Waals surface area contributed by atoms with Gasteiger partial charge in [0.1, 0.15) is 5.01 Å². The zero-order valence-electron chi connectivity index (χ0n) is 15.9. The third-order valence-electron chi connectivity index (χ3n) is 4.62. The molecule has 0 saturated heterocycles. The number of anilines is 1. The van der Waals surface area contributed by atoms with E-state index in [1.807, 2.05) is 48.7 Å². The molecule has 0 saturated carbocycles. The third-order valence-corrected chi connectivity index (χ3v) is 10.1. The first-order chi connectivity index (χ1) is 15.2. The third kappa shape index (κ3) is 3.44. The van der Waals surface area contributed by atoms with Crippen molar-refractivity contribution in [2.75, 3.05) is 11.6 Å². The maximum atomic E-state index is 12.9. The average Bonchev–Trinajstić information content (AvgIpc) is 3.56. The van der Waals surface area contributed by atoms with Gasteiger partial charge in [0.05, 0.1) is 40.4 Å². The molecule has 6 aromatic rings. The molecular formula is C21H12N4OS5. The van der Waals surface area contributed by atoms with E-state index in [2.05, 4.69) is 26.3 Å². The zero-order valence-corrected chi connectivity index (χ0v) is 20.0. The topological polar surface area (TPSA) is 67.8 Å². The van der Waals surface area contributed by atoms with E-state index in [0.29, 0.717) is 10.0 Å². The first-order valence-electron chi connectivity index (χ1n) is 9.19. The van der Waals surface area contributed by atoms with Crippen molar-refractivity contribution in [3.8, 4) is 9.88 Å². The number of benzene rings is 2. The fourth-order valence-electron chi connectivity index (χ4n) is 3.20. The average molecular weight is 497 g/mol. The van der Waals surface area contributed by atoms with E-state index in [1.54, 1.807) is 34.4 Å². The van der Waals surface area contributed by atoms with E-state index in [0.717, 1.165) is 44.9 Å². The first kappa shape index (κ1) is 19.3. The van der Waals surface area contributed by atoms with Crippen molar-refractivity contribution < 1.29 is 4.79 Å². The summed E-state index contributed by atoms with van der Waals surface area (Å²) in [6, 6.07) is 15.8. The second-order valence-corrected chi connectivity index (χ2v) is 11.7. The number of thiazole rings is 3. The number of rotatable bonds is 4. The Hall–Kier alpha value is -2.37. The largest absolute Gasteiger partial charge is 0.297 e. The van der Waals surface area contributed by atoms with Crippen LogP contribution in [0.5, 0.6) is 0 Å². The molecule has 0 radical (unpaired) electrons. The minimum Gasteiger partial charge on any atom is -0.297 e. The van der Waals surface area contributed by atoms with Crippen LogP contribution in [0.25, 0.3) is 40.5 Å². The van der Waals surface area contributed by atoms with Gasteiger partial charge in [0.2, 0.25) is 0 Å². The molecular weight excluding hydrogens is 485 g/mol. The number of nitrogens with one attached hydrogen (secondary N) is 1. The Kier molecular flexibility index (Phi) is 4.77. The summed E-state index contributed by atoms with van der Waals surface area (Å²) >= 11 is 7.88. The van der Waals surface area contributed by atoms with E-state index in [9.17, 15) is 4.79 Å². The van der Waals surface area contributed by atoms with Crippen LogP contribution in [0, 0.1) is 0 Å². The van der Waals surface area contributed by atoms with Crippen LogP contribution in [0.15, 0.2) is 52.9 Å². The van der Waals surface area contributed by atoms with Crippen molar-refractivity contribution in [1.29, 1.82) is 0 Å². The number of amides is 1. The molecule has 0 aliphatic carbocycles. The van der Waals surface area contributed by atoms with E-state index in [-0.39, 0.29) is 5.91 Å². The molecule has 31 heavy (non-hydrogen) atoms. The molecule has 0 spiro atoms. The fraction of sp³-hybridized carbons (Fsp3) is 0.0476. The summed E-state index contributed by atoms with van der Waals surface area (Å²) in [5.41, 5.74) is 2.84. The molecule has 4 aromatic heterocycles. The van der Waals surface area contributed by atoms with E-state index in [4.69, 9.17) is 0 Å². The Morgan fingerprint density at radius 1 is 0.839 bits per heavy atom. The van der Waals surface area contributed by atoms with Gasteiger partial charge >= 0.3 is 0 Å². The predicted molar refractivity (Wildman–Crippen MR) is 135 cm³/mol. The number of hydrogen-bond acceptors (Lipinski definition) is 9. The van der Waals surface area contributed by atoms with E-state index >= 15 is 0 Å². The summed E-state index contributed by atoms with van der Waals surface area (Å²) < 4.78 is 4.36. The summed E-state index contributed by atoms with van der Waals surface area (Å²) in [5, 5.41) is 4.50. The van der Waals surface area contributed by atoms with Gasteiger partial charge in [-0.2, -0.15) is 0 Å². The summed E-state index contributed by atoms with van der Waals surface area (Å²) in [5.74, 6) is -0.151. The lowest BCUT2D eigenvalue weighted by Gasteiger charge is -1.97. The second-order valence-electron chi connectivity index (χ2n) is 6.57. The first-order valence-corrected chi connectivity index (χ1v) is 13.7. The summed E-state index contributed by atoms with van der Waals surface area (Å²) in [6.07, 6.45) is 2.02. The van der Waals surface area contributed by atoms with Crippen molar-refractivity contribution >= 4 is 98.8 Å². The fourth-order valence-corrected chi connectivity index (χ4v) is 7.78. The minimum atomic E-state index is -0.151. The Morgan fingerprint density at radius 3 is 2.48 bits per heavy atom. The lowest BCUT2D eigenvalue weighted by Crippen LogP contribution is -2.09. The normalized spacial score (nSPS) is 11.6. The van der Waals surface area contributed by atoms with Crippen molar-refractivity contribution in [2.24, 2.45) is 0 Å². The number of carbonyl (C=O) groups is 1. The van der Waals surface area contributed by atoms with E-state index in [1.165, 1.54) is 22.7 Å². The van der Waals surface area contributed by atoms with Crippen LogP contribution < -0.4 is 5.32 Å². The maximum Gasteiger partial charge on any atom is 0.267 e. The molecule has 1 amide bonds. The summed E-state index contributed by atoms with van der Waals surface area (Å²) in [7, 11) is 0. The number of thiophene rings is 1. The van der Waals surface area contributed by atoms with Crippen LogP contribution in [0.4, 0.5) is 5.13 Å². The number of nitrogens with zero attached hydrogens (tertiary/aromatic N) is 3. The maximum absolute atomic E-state index is 12.9. The molecule has 0 aliphatic rings. The van der Waals surface area contributed by atoms with Crippen LogP contribution in [0.1, 0.15) is 9.67 Å². The monoisotopic (exact) mass is 496 g/mol. The molecule has 0 fully saturated rings. The summed E-state index contributed by atoms with van der Waals surface area (Å²) in [4.78, 5) is 28.4. The highest BCUT2D eigenvalue weighted by Gasteiger charge is 2.16. The molecule has 1 N–H and O–H groups in total. The Bertz CT molecular complexity index is 1560. The van der Waals surface area contributed by atoms with Gasteiger partial charge < -0.3 is 0 Å². The Labute approximate surface area is 196 Å². The molecule has 6 rings (SSSR count). The van der Waals surface area contributed by atoms with Gasteiger partial charge in [-0.3, -0.25) is 10.1 Å². The highest BCUT2D eigenvalue weighted by Crippen LogP contribution is 2.39. The molecule has 152 valence electrons. The minimum absolute atomic E-state index is 0.151. The standard InChI is InChI=1S/C21H12N4OS5/c1-27-21-24-12-7-6-11-16(17(12)31-21)30-20(23-11)25-18(26)14-8-9-15(28-14)19-22-10-4-2-3-5-13(10)29-19/h2-9H,1H3,(H,23,25,26). The molecule has 5 nitrogen and oxygen atoms in total. The number of carbonyl (C=O) groups excluding carboxylic acids is 1. The number of hydrogen-bond donors (Lipinski definition) is 1. The molecule has 10 heteroatoms. The van der Waals surface area contributed by atoms with Crippen LogP contribution >= 0.6 is 57.1 Å². The molecule has 4 heterocycles. The Morgan fingerprint density at radius 2 is 1.65 bits per heavy atom. The number of thioether (sulfide) groups is 1. The van der Waals surface area contributed by atoms with Crippen LogP contribution in [-0.2, 0) is 0 Å². The van der Waals surface area contributed by atoms with Gasteiger partial charge in [-0.1, -0.05) is 35.2 Å². The highest BCUT2D eigenvalue weighted by molar-refractivity contribution is 8.00. The van der Waals surface area contributed by atoms with E-state index < -0.39 is 0 Å². The molecule has 2 aromatic carbocycles. The molecule has 0 unspecified atom stereocenters. The molecule has 0 bridgehead atoms. The predicted octanol–water partition coefficient (Wildman–Crippen LogP) is 7.22. The van der Waals surface area contributed by atoms with Crippen molar-refractivity contribution in [3.63, 3.8) is 0 Å². The second kappa shape index (κ2) is 7.64. The zero-order chi connectivity index (χ0) is 20.9. The number of fused-ring (bicyclic) bond motifs is 4. The van der Waals surface area contributed by atoms with Gasteiger partial charge in [0.25, 0.3) is 5.91 Å². The van der Waals surface area contributed by atoms with Gasteiger partial charge in [-0.25, -0.2) is 15.0 Å². The van der Waals surface area contributed by atoms with Crippen molar-refractivity contribution in [1.82, 2.24) is 15.0 Å². The van der Waals surface area contributed by atoms with Gasteiger partial charge in [-0.05, 0) is 42.7 Å². The van der Waals surface area contributed by atoms with Gasteiger partial charge in [0.15, 0.2) is 9.47 Å². The smallest absolute Gasteiger partial charge is 0.267 e. The quantitative estimate of drug-likeness (QED) is 0.261. The lowest BCUT2D eigenvalue weighted by atomic mass is 10.3. The Balaban J connectivity index is 1.28. The lowest BCUT2D eigenvalue weighted by molar-refractivity contribution is 0.103. The summed E-state index contributed by atoms with van der Waals surface area (Å²) in [6.45, 7) is 0. The van der Waals surface area contributed by atoms with Crippen molar-refractivity contribution in [2.45, 2.75) is 4.34 Å². The van der Waals surface area contributed by atoms with Crippen LogP contribution in [0.2, 0.25) is 0 Å². The molecule has 0 atom stereocenters. The highest BCUT2D eigenvalue weighted by atomic mass is 32.2. The van der Waals surface area contributed by atoms with Gasteiger partial charge in [0, 0.05) is 0 Å². The van der Waals surface area contributed by atoms with Crippen molar-refractivity contribution in [3.05, 3.63) is 53.4 Å². The van der Waals surface area contributed by atoms with Crippen LogP contribution in [0.3, 0.4) is 0 Å². The van der Waals surface area contributed by atoms with Gasteiger partial charge in [-0.15, -0.1) is 34.0 Å². The SMILES string of the molecule is CSc1nc2ccc3nc(NC(=O)c4ccc(-c5nc6ccccc6s5)s4)sc3c2s1. The number of aromatic nitrogens is 3.